The Kier molecular flexibility index (Phi) is 10.7. The highest BCUT2D eigenvalue weighted by atomic mass is 35.5. The van der Waals surface area contributed by atoms with Crippen LogP contribution in [-0.2, 0) is 19.1 Å². The molecule has 1 amide bonds. The molecule has 1 N–H and O–H groups in total. The highest BCUT2D eigenvalue weighted by Gasteiger charge is 2.34. The Hall–Kier alpha value is -1.68. The first-order valence-corrected chi connectivity index (χ1v) is 11.8. The molecule has 1 aromatic rings. The zero-order chi connectivity index (χ0) is 21.3. The molecule has 10 heteroatoms. The number of aliphatic imine (C=N–C) groups is 1. The van der Waals surface area contributed by atoms with Crippen LogP contribution in [0.15, 0.2) is 44.8 Å². The molecule has 0 radical (unpaired) electrons. The van der Waals surface area contributed by atoms with Gasteiger partial charge in [-0.1, -0.05) is 0 Å². The molecule has 2 aliphatic rings. The molecule has 0 spiro atoms. The van der Waals surface area contributed by atoms with Gasteiger partial charge in [0.2, 0.25) is 0 Å². The first-order valence-electron chi connectivity index (χ1n) is 10.0. The number of hydrogen-bond acceptors (Lipinski definition) is 8. The molecular weight excluding hydrogens is 458 g/mol. The molecule has 2 heterocycles. The molecule has 0 aliphatic carbocycles. The number of rotatable bonds is 10. The van der Waals surface area contributed by atoms with E-state index in [4.69, 9.17) is 9.47 Å². The number of thioether (sulfide) groups is 2. The van der Waals surface area contributed by atoms with Gasteiger partial charge in [0, 0.05) is 37.2 Å². The maximum absolute atomic E-state index is 12.9. The number of esters is 1. The van der Waals surface area contributed by atoms with Gasteiger partial charge in [-0.2, -0.15) is 0 Å². The molecule has 0 saturated heterocycles. The van der Waals surface area contributed by atoms with Crippen molar-refractivity contribution in [1.29, 1.82) is 0 Å². The Labute approximate surface area is 197 Å². The maximum Gasteiger partial charge on any atom is 0.305 e. The number of carbonyl (C=O) groups excluding carboxylic acids is 2. The van der Waals surface area contributed by atoms with Crippen molar-refractivity contribution < 1.29 is 19.1 Å². The second kappa shape index (κ2) is 13.0. The summed E-state index contributed by atoms with van der Waals surface area (Å²) < 4.78 is 10.2. The number of amidine groups is 1. The number of nitrogens with zero attached hydrogens (tertiary/aromatic N) is 2. The molecule has 0 unspecified atom stereocenters. The Balaban J connectivity index is 0.00000341. The number of nitrogens with one attached hydrogen (secondary N) is 1. The van der Waals surface area contributed by atoms with Crippen LogP contribution in [0.25, 0.3) is 0 Å². The molecule has 170 valence electrons. The lowest BCUT2D eigenvalue weighted by atomic mass is 10.2. The summed E-state index contributed by atoms with van der Waals surface area (Å²) in [4.78, 5) is 32.6. The van der Waals surface area contributed by atoms with Crippen molar-refractivity contribution in [3.8, 4) is 0 Å². The first-order chi connectivity index (χ1) is 14.6. The number of anilines is 1. The van der Waals surface area contributed by atoms with Crippen molar-refractivity contribution in [2.45, 2.75) is 31.1 Å². The molecule has 1 aromatic carbocycles. The van der Waals surface area contributed by atoms with E-state index < -0.39 is 0 Å². The second-order valence-electron chi connectivity index (χ2n) is 6.72. The number of methoxy groups -OCH3 is 1. The fourth-order valence-electron chi connectivity index (χ4n) is 3.11. The summed E-state index contributed by atoms with van der Waals surface area (Å²) in [7, 11) is 1.63. The van der Waals surface area contributed by atoms with Crippen LogP contribution in [0.4, 0.5) is 5.69 Å². The van der Waals surface area contributed by atoms with Crippen LogP contribution in [0.2, 0.25) is 0 Å². The molecule has 0 saturated carbocycles. The number of fused-ring (bicyclic) bond motifs is 1. The quantitative estimate of drug-likeness (QED) is 0.303. The van der Waals surface area contributed by atoms with Crippen molar-refractivity contribution in [2.24, 2.45) is 4.99 Å². The normalized spacial score (nSPS) is 15.2. The van der Waals surface area contributed by atoms with Crippen LogP contribution in [0.5, 0.6) is 0 Å². The van der Waals surface area contributed by atoms with Gasteiger partial charge in [0.25, 0.3) is 5.91 Å². The van der Waals surface area contributed by atoms with Gasteiger partial charge in [0.1, 0.15) is 4.91 Å². The summed E-state index contributed by atoms with van der Waals surface area (Å²) in [6.45, 7) is 4.28. The largest absolute Gasteiger partial charge is 0.466 e. The van der Waals surface area contributed by atoms with Gasteiger partial charge in [-0.05, 0) is 61.5 Å². The Morgan fingerprint density at radius 2 is 2.06 bits per heavy atom. The van der Waals surface area contributed by atoms with Gasteiger partial charge in [-0.3, -0.25) is 14.6 Å². The van der Waals surface area contributed by atoms with Crippen molar-refractivity contribution in [1.82, 2.24) is 4.90 Å². The Morgan fingerprint density at radius 1 is 1.29 bits per heavy atom. The van der Waals surface area contributed by atoms with E-state index in [9.17, 15) is 9.59 Å². The summed E-state index contributed by atoms with van der Waals surface area (Å²) in [6, 6.07) is 7.74. The molecule has 31 heavy (non-hydrogen) atoms. The number of benzene rings is 1. The lowest BCUT2D eigenvalue weighted by molar-refractivity contribution is -0.143. The summed E-state index contributed by atoms with van der Waals surface area (Å²) >= 11 is 3.10. The van der Waals surface area contributed by atoms with Gasteiger partial charge >= 0.3 is 5.97 Å². The Morgan fingerprint density at radius 3 is 2.77 bits per heavy atom. The zero-order valence-electron chi connectivity index (χ0n) is 17.7. The van der Waals surface area contributed by atoms with Gasteiger partial charge in [-0.15, -0.1) is 24.2 Å². The third kappa shape index (κ3) is 7.17. The third-order valence-corrected chi connectivity index (χ3v) is 6.75. The van der Waals surface area contributed by atoms with E-state index >= 15 is 0 Å². The van der Waals surface area contributed by atoms with Crippen LogP contribution in [0.3, 0.4) is 0 Å². The molecule has 7 nitrogen and oxygen atoms in total. The topological polar surface area (TPSA) is 80.2 Å². The second-order valence-corrected chi connectivity index (χ2v) is 8.86. The smallest absolute Gasteiger partial charge is 0.305 e. The summed E-state index contributed by atoms with van der Waals surface area (Å²) in [6.07, 6.45) is 2.19. The van der Waals surface area contributed by atoms with Gasteiger partial charge in [0.05, 0.1) is 18.9 Å². The van der Waals surface area contributed by atoms with Crippen LogP contribution < -0.4 is 5.32 Å². The number of amides is 1. The Bertz CT molecular complexity index is 830. The third-order valence-electron chi connectivity index (χ3n) is 4.50. The van der Waals surface area contributed by atoms with Gasteiger partial charge < -0.3 is 19.7 Å². The molecule has 0 fully saturated rings. The molecule has 2 aliphatic heterocycles. The predicted molar refractivity (Wildman–Crippen MR) is 129 cm³/mol. The van der Waals surface area contributed by atoms with Gasteiger partial charge in [-0.25, -0.2) is 0 Å². The standard InChI is InChI=1S/C21H27N3O4S2.ClH/c1-3-28-18(25)6-4-13-29-16-9-7-15(8-10-16)23-20(26)19-17(14-27-2)24-12-5-11-22-21(24)30-19;/h7-10H,3-6,11-14H2,1-2H3,(H,23,26);1H. The average Bonchev–Trinajstić information content (AvgIpc) is 3.12. The van der Waals surface area contributed by atoms with E-state index in [1.165, 1.54) is 11.8 Å². The number of ether oxygens (including phenoxy) is 2. The lowest BCUT2D eigenvalue weighted by Crippen LogP contribution is -2.31. The van der Waals surface area contributed by atoms with Crippen molar-refractivity contribution in [2.75, 3.05) is 44.5 Å². The van der Waals surface area contributed by atoms with Crippen molar-refractivity contribution >= 4 is 58.7 Å². The number of hydrogen-bond donors (Lipinski definition) is 1. The lowest BCUT2D eigenvalue weighted by Gasteiger charge is -2.24. The summed E-state index contributed by atoms with van der Waals surface area (Å²) in [5.74, 6) is 0.552. The summed E-state index contributed by atoms with van der Waals surface area (Å²) in [5, 5.41) is 3.86. The molecule has 0 atom stereocenters. The minimum atomic E-state index is -0.148. The fourth-order valence-corrected chi connectivity index (χ4v) is 5.05. The fraction of sp³-hybridized carbons (Fsp3) is 0.476. The van der Waals surface area contributed by atoms with Gasteiger partial charge in [0.15, 0.2) is 5.17 Å². The van der Waals surface area contributed by atoms with Crippen LogP contribution in [0, 0.1) is 0 Å². The zero-order valence-corrected chi connectivity index (χ0v) is 20.2. The molecular formula is C21H28ClN3O4S2. The van der Waals surface area contributed by atoms with E-state index in [0.717, 1.165) is 53.1 Å². The van der Waals surface area contributed by atoms with Crippen molar-refractivity contribution in [3.05, 3.63) is 34.9 Å². The van der Waals surface area contributed by atoms with E-state index in [2.05, 4.69) is 15.2 Å². The number of halogens is 1. The van der Waals surface area contributed by atoms with E-state index in [1.54, 1.807) is 18.9 Å². The van der Waals surface area contributed by atoms with Crippen LogP contribution >= 0.6 is 35.9 Å². The predicted octanol–water partition coefficient (Wildman–Crippen LogP) is 4.15. The molecule has 0 aromatic heterocycles. The van der Waals surface area contributed by atoms with Crippen LogP contribution in [-0.4, -0.2) is 61.1 Å². The summed E-state index contributed by atoms with van der Waals surface area (Å²) in [5.41, 5.74) is 1.62. The molecule has 0 bridgehead atoms. The highest BCUT2D eigenvalue weighted by Crippen LogP contribution is 2.37. The first kappa shape index (κ1) is 25.6. The monoisotopic (exact) mass is 485 g/mol. The van der Waals surface area contributed by atoms with Crippen molar-refractivity contribution in [3.63, 3.8) is 0 Å². The molecule has 3 rings (SSSR count). The average molecular weight is 486 g/mol. The SMILES string of the molecule is CCOC(=O)CCCSc1ccc(NC(=O)C2=C(COC)N3CCCN=C3S2)cc1.Cl. The van der Waals surface area contributed by atoms with E-state index in [1.807, 2.05) is 31.2 Å². The number of carbonyl (C=O) groups is 2. The minimum absolute atomic E-state index is 0. The minimum Gasteiger partial charge on any atom is -0.466 e. The van der Waals surface area contributed by atoms with E-state index in [-0.39, 0.29) is 24.3 Å². The van der Waals surface area contributed by atoms with Crippen LogP contribution in [0.1, 0.15) is 26.2 Å². The highest BCUT2D eigenvalue weighted by molar-refractivity contribution is 8.18. The maximum atomic E-state index is 12.9. The van der Waals surface area contributed by atoms with E-state index in [0.29, 0.717) is 24.5 Å².